The van der Waals surface area contributed by atoms with Crippen LogP contribution in [0.2, 0.25) is 0 Å². The van der Waals surface area contributed by atoms with Gasteiger partial charge in [0.2, 0.25) is 0 Å². The lowest BCUT2D eigenvalue weighted by Crippen LogP contribution is -2.35. The Labute approximate surface area is 190 Å². The highest BCUT2D eigenvalue weighted by molar-refractivity contribution is 7.17. The normalized spacial score (nSPS) is 16.3. The number of aromatic nitrogens is 4. The summed E-state index contributed by atoms with van der Waals surface area (Å²) >= 11 is 1.65. The zero-order chi connectivity index (χ0) is 21.9. The molecule has 1 atom stereocenters. The number of amides is 1. The maximum absolute atomic E-state index is 12.8. The van der Waals surface area contributed by atoms with Crippen molar-refractivity contribution in [1.82, 2.24) is 25.1 Å². The van der Waals surface area contributed by atoms with Gasteiger partial charge in [-0.2, -0.15) is 5.10 Å². The van der Waals surface area contributed by atoms with Crippen LogP contribution in [0.1, 0.15) is 40.9 Å². The molecule has 1 amide bonds. The van der Waals surface area contributed by atoms with Crippen molar-refractivity contribution >= 4 is 27.5 Å². The molecule has 164 valence electrons. The second-order valence-electron chi connectivity index (χ2n) is 8.10. The molecule has 5 heterocycles. The molecule has 0 aliphatic carbocycles. The summed E-state index contributed by atoms with van der Waals surface area (Å²) in [5, 5.41) is 9.42. The van der Waals surface area contributed by atoms with Gasteiger partial charge in [-0.1, -0.05) is 6.07 Å². The molecule has 0 radical (unpaired) electrons. The lowest BCUT2D eigenvalue weighted by atomic mass is 10.0. The third-order valence-electron chi connectivity index (χ3n) is 5.68. The quantitative estimate of drug-likeness (QED) is 0.483. The fraction of sp³-hybridized carbons (Fsp3) is 0.333. The Kier molecular flexibility index (Phi) is 5.96. The van der Waals surface area contributed by atoms with Crippen molar-refractivity contribution in [2.24, 2.45) is 7.05 Å². The third kappa shape index (κ3) is 4.56. The molecule has 1 aliphatic heterocycles. The van der Waals surface area contributed by atoms with E-state index in [0.29, 0.717) is 18.7 Å². The number of pyridine rings is 2. The summed E-state index contributed by atoms with van der Waals surface area (Å²) < 4.78 is 8.59. The smallest absolute Gasteiger partial charge is 0.270 e. The van der Waals surface area contributed by atoms with E-state index < -0.39 is 0 Å². The van der Waals surface area contributed by atoms with Crippen LogP contribution in [0.4, 0.5) is 0 Å². The average molecular weight is 448 g/mol. The van der Waals surface area contributed by atoms with Gasteiger partial charge in [-0.25, -0.2) is 4.98 Å². The van der Waals surface area contributed by atoms with Crippen molar-refractivity contribution in [2.45, 2.75) is 31.8 Å². The number of hydrogen-bond donors (Lipinski definition) is 1. The molecular formula is C24H25N5O2S. The first-order valence-corrected chi connectivity index (χ1v) is 11.8. The van der Waals surface area contributed by atoms with Crippen LogP contribution in [0.5, 0.6) is 0 Å². The van der Waals surface area contributed by atoms with E-state index in [1.54, 1.807) is 16.0 Å². The van der Waals surface area contributed by atoms with Crippen LogP contribution in [0.25, 0.3) is 21.6 Å². The number of carbonyl (C=O) groups excluding carboxylic acids is 1. The fourth-order valence-corrected chi connectivity index (χ4v) is 4.84. The Hall–Kier alpha value is -3.10. The van der Waals surface area contributed by atoms with Gasteiger partial charge in [0.05, 0.1) is 22.0 Å². The molecule has 1 fully saturated rings. The predicted molar refractivity (Wildman–Crippen MR) is 125 cm³/mol. The van der Waals surface area contributed by atoms with Crippen molar-refractivity contribution in [3.8, 4) is 11.4 Å². The van der Waals surface area contributed by atoms with E-state index in [1.165, 1.54) is 0 Å². The maximum atomic E-state index is 12.8. The third-order valence-corrected chi connectivity index (χ3v) is 6.66. The highest BCUT2D eigenvalue weighted by Crippen LogP contribution is 2.27. The lowest BCUT2D eigenvalue weighted by Gasteiger charge is -2.22. The van der Waals surface area contributed by atoms with Crippen molar-refractivity contribution in [1.29, 1.82) is 0 Å². The molecule has 1 unspecified atom stereocenters. The monoisotopic (exact) mass is 447 g/mol. The molecule has 0 spiro atoms. The Bertz CT molecular complexity index is 1220. The van der Waals surface area contributed by atoms with Gasteiger partial charge < -0.3 is 10.1 Å². The summed E-state index contributed by atoms with van der Waals surface area (Å²) in [5.41, 5.74) is 5.15. The van der Waals surface area contributed by atoms with Gasteiger partial charge in [0.15, 0.2) is 0 Å². The minimum atomic E-state index is -0.155. The van der Waals surface area contributed by atoms with Gasteiger partial charge >= 0.3 is 0 Å². The topological polar surface area (TPSA) is 81.9 Å². The summed E-state index contributed by atoms with van der Waals surface area (Å²) in [6.45, 7) is 1.30. The van der Waals surface area contributed by atoms with Crippen LogP contribution < -0.4 is 5.32 Å². The van der Waals surface area contributed by atoms with Gasteiger partial charge in [-0.15, -0.1) is 11.3 Å². The van der Waals surface area contributed by atoms with Crippen molar-refractivity contribution in [3.05, 3.63) is 64.9 Å². The van der Waals surface area contributed by atoms with E-state index in [4.69, 9.17) is 4.74 Å². The Balaban J connectivity index is 1.34. The first-order valence-electron chi connectivity index (χ1n) is 10.9. The van der Waals surface area contributed by atoms with E-state index in [1.807, 2.05) is 49.1 Å². The SMILES string of the molecule is Cn1ccc(-c2ccc(Cc3cc(C(=O)NCC4CCCCO4)nc4ccsc34)cn2)n1. The molecule has 7 nitrogen and oxygen atoms in total. The Morgan fingerprint density at radius 3 is 2.94 bits per heavy atom. The highest BCUT2D eigenvalue weighted by atomic mass is 32.1. The Morgan fingerprint density at radius 2 is 2.19 bits per heavy atom. The fourth-order valence-electron chi connectivity index (χ4n) is 3.99. The van der Waals surface area contributed by atoms with E-state index in [-0.39, 0.29) is 12.0 Å². The standard InChI is InChI=1S/C24H25N5O2S/c1-29-9-7-20(28-29)19-6-5-16(14-25-19)12-17-13-22(27-21-8-11-32-23(17)21)24(30)26-15-18-4-2-3-10-31-18/h5-9,11,13-14,18H,2-4,10,12,15H2,1H3,(H,26,30). The van der Waals surface area contributed by atoms with Crippen molar-refractivity contribution in [2.75, 3.05) is 13.2 Å². The predicted octanol–water partition coefficient (Wildman–Crippen LogP) is 3.98. The van der Waals surface area contributed by atoms with Crippen LogP contribution in [0.15, 0.2) is 48.1 Å². The number of aryl methyl sites for hydroxylation is 1. The number of rotatable bonds is 6. The number of nitrogens with one attached hydrogen (secondary N) is 1. The summed E-state index contributed by atoms with van der Waals surface area (Å²) in [4.78, 5) is 22.0. The molecule has 0 bridgehead atoms. The Morgan fingerprint density at radius 1 is 1.25 bits per heavy atom. The largest absolute Gasteiger partial charge is 0.376 e. The van der Waals surface area contributed by atoms with Crippen LogP contribution in [-0.4, -0.2) is 44.9 Å². The number of nitrogens with zero attached hydrogens (tertiary/aromatic N) is 4. The average Bonchev–Trinajstić information content (AvgIpc) is 3.48. The first-order chi connectivity index (χ1) is 15.7. The summed E-state index contributed by atoms with van der Waals surface area (Å²) in [5.74, 6) is -0.155. The molecule has 32 heavy (non-hydrogen) atoms. The number of thiophene rings is 1. The summed E-state index contributed by atoms with van der Waals surface area (Å²) in [7, 11) is 1.89. The molecule has 5 rings (SSSR count). The second-order valence-corrected chi connectivity index (χ2v) is 9.02. The maximum Gasteiger partial charge on any atom is 0.270 e. The molecule has 1 saturated heterocycles. The number of carbonyl (C=O) groups is 1. The molecule has 0 saturated carbocycles. The van der Waals surface area contributed by atoms with Gasteiger partial charge in [-0.05, 0) is 60.0 Å². The summed E-state index contributed by atoms with van der Waals surface area (Å²) in [6.07, 6.45) is 7.80. The molecular weight excluding hydrogens is 422 g/mol. The van der Waals surface area contributed by atoms with Gasteiger partial charge in [0, 0.05) is 39.0 Å². The number of ether oxygens (including phenoxy) is 1. The first kappa shape index (κ1) is 20.8. The summed E-state index contributed by atoms with van der Waals surface area (Å²) in [6, 6.07) is 9.87. The molecule has 4 aromatic heterocycles. The molecule has 0 aromatic carbocycles. The van der Waals surface area contributed by atoms with Crippen LogP contribution in [0.3, 0.4) is 0 Å². The van der Waals surface area contributed by atoms with Gasteiger partial charge in [0.1, 0.15) is 11.4 Å². The van der Waals surface area contributed by atoms with E-state index in [2.05, 4.69) is 26.4 Å². The molecule has 1 aliphatic rings. The number of hydrogen-bond acceptors (Lipinski definition) is 6. The number of fused-ring (bicyclic) bond motifs is 1. The van der Waals surface area contributed by atoms with Gasteiger partial charge in [-0.3, -0.25) is 14.5 Å². The van der Waals surface area contributed by atoms with Gasteiger partial charge in [0.25, 0.3) is 5.91 Å². The molecule has 4 aromatic rings. The lowest BCUT2D eigenvalue weighted by molar-refractivity contribution is 0.0168. The van der Waals surface area contributed by atoms with Crippen molar-refractivity contribution in [3.63, 3.8) is 0 Å². The van der Waals surface area contributed by atoms with Crippen LogP contribution in [-0.2, 0) is 18.2 Å². The van der Waals surface area contributed by atoms with Crippen LogP contribution >= 0.6 is 11.3 Å². The van der Waals surface area contributed by atoms with E-state index in [0.717, 1.165) is 58.6 Å². The van der Waals surface area contributed by atoms with E-state index in [9.17, 15) is 4.79 Å². The van der Waals surface area contributed by atoms with Crippen LogP contribution in [0, 0.1) is 0 Å². The zero-order valence-corrected chi connectivity index (χ0v) is 18.8. The second kappa shape index (κ2) is 9.18. The van der Waals surface area contributed by atoms with E-state index >= 15 is 0 Å². The zero-order valence-electron chi connectivity index (χ0n) is 18.0. The van der Waals surface area contributed by atoms with Crippen molar-refractivity contribution < 1.29 is 9.53 Å². The molecule has 8 heteroatoms. The minimum Gasteiger partial charge on any atom is -0.376 e. The highest BCUT2D eigenvalue weighted by Gasteiger charge is 2.18. The molecule has 1 N–H and O–H groups in total. The minimum absolute atomic E-state index is 0.0979.